The minimum Gasteiger partial charge on any atom is -0.506 e. The third kappa shape index (κ3) is 13.0. The zero-order valence-electron chi connectivity index (χ0n) is 33.5. The maximum absolute atomic E-state index is 12.8. The Hall–Kier alpha value is -6.02. The summed E-state index contributed by atoms with van der Waals surface area (Å²) in [4.78, 5) is 56.5. The summed E-state index contributed by atoms with van der Waals surface area (Å²) in [5.41, 5.74) is 5.03. The van der Waals surface area contributed by atoms with Gasteiger partial charge in [-0.3, -0.25) is 19.7 Å². The Morgan fingerprint density at radius 3 is 2.38 bits per heavy atom. The zero-order chi connectivity index (χ0) is 41.6. The van der Waals surface area contributed by atoms with Gasteiger partial charge < -0.3 is 40.4 Å². The van der Waals surface area contributed by atoms with Gasteiger partial charge in [0.2, 0.25) is 17.4 Å². The smallest absolute Gasteiger partial charge is 0.411 e. The van der Waals surface area contributed by atoms with Crippen LogP contribution in [0.3, 0.4) is 0 Å². The largest absolute Gasteiger partial charge is 0.506 e. The monoisotopic (exact) mass is 818 g/mol. The fourth-order valence-corrected chi connectivity index (χ4v) is 7.32. The number of aliphatic hydroxyl groups is 1. The van der Waals surface area contributed by atoms with E-state index in [0.717, 1.165) is 48.3 Å². The fourth-order valence-electron chi connectivity index (χ4n) is 7.32. The standard InChI is InChI=1S/C46H54N6O7.CH4/c1-51(44(57)25-30-52-28-23-35(24-29-52)59-46(58)49-39-12-6-5-11-36(39)33-9-3-2-4-10-33)27-8-7-13-42(55)48-34-16-14-32(15-17-34)22-26-47-31-41(54)37-18-20-40(53)45-38(37)19-21-43(56)50-45;/h2-6,9-12,14-21,35,41,47,53-54H,7-8,13,22-31H2,1H3,(H,48,55)(H,49,58)(H,50,56);1H4/t41-;/m0./s1. The lowest BCUT2D eigenvalue weighted by atomic mass is 10.0. The molecule has 60 heavy (non-hydrogen) atoms. The minimum absolute atomic E-state index is 0. The van der Waals surface area contributed by atoms with Crippen molar-refractivity contribution in [2.75, 3.05) is 56.9 Å². The van der Waals surface area contributed by atoms with E-state index in [1.807, 2.05) is 78.9 Å². The summed E-state index contributed by atoms with van der Waals surface area (Å²) in [5.74, 6) is -0.0520. The Morgan fingerprint density at radius 1 is 0.883 bits per heavy atom. The van der Waals surface area contributed by atoms with Crippen LogP contribution in [0.1, 0.15) is 63.2 Å². The van der Waals surface area contributed by atoms with Gasteiger partial charge in [0, 0.05) is 75.3 Å². The molecule has 0 saturated carbocycles. The van der Waals surface area contributed by atoms with Gasteiger partial charge in [-0.2, -0.15) is 0 Å². The number of fused-ring (bicyclic) bond motifs is 1. The minimum atomic E-state index is -0.830. The van der Waals surface area contributed by atoms with Crippen molar-refractivity contribution in [3.63, 3.8) is 0 Å². The summed E-state index contributed by atoms with van der Waals surface area (Å²) >= 11 is 0. The van der Waals surface area contributed by atoms with Gasteiger partial charge in [0.25, 0.3) is 0 Å². The van der Waals surface area contributed by atoms with Gasteiger partial charge in [0.05, 0.1) is 17.3 Å². The van der Waals surface area contributed by atoms with E-state index in [1.54, 1.807) is 24.1 Å². The lowest BCUT2D eigenvalue weighted by molar-refractivity contribution is -0.130. The second-order valence-electron chi connectivity index (χ2n) is 15.0. The van der Waals surface area contributed by atoms with E-state index < -0.39 is 12.2 Å². The number of likely N-dealkylation sites (tertiary alicyclic amines) is 1. The molecule has 1 aliphatic rings. The number of phenolic OH excluding ortho intramolecular Hbond substituents is 1. The molecule has 1 fully saturated rings. The first-order chi connectivity index (χ1) is 28.6. The molecule has 1 aromatic heterocycles. The number of nitrogens with one attached hydrogen (secondary N) is 4. The quantitative estimate of drug-likeness (QED) is 0.0505. The second kappa shape index (κ2) is 22.4. The number of carbonyl (C=O) groups is 3. The molecule has 0 aliphatic carbocycles. The number of para-hydroxylation sites is 1. The molecule has 0 radical (unpaired) electrons. The number of pyridine rings is 1. The zero-order valence-corrected chi connectivity index (χ0v) is 33.5. The molecular weight excluding hydrogens is 761 g/mol. The van der Waals surface area contributed by atoms with Crippen molar-refractivity contribution in [3.05, 3.63) is 125 Å². The molecule has 0 spiro atoms. The normalized spacial score (nSPS) is 13.6. The number of aromatic hydroxyl groups is 1. The number of aliphatic hydroxyl groups excluding tert-OH is 1. The molecule has 2 heterocycles. The summed E-state index contributed by atoms with van der Waals surface area (Å²) in [5, 5.41) is 30.6. The van der Waals surface area contributed by atoms with Gasteiger partial charge in [-0.05, 0) is 85.7 Å². The summed E-state index contributed by atoms with van der Waals surface area (Å²) in [6.45, 7) is 3.65. The van der Waals surface area contributed by atoms with Crippen LogP contribution in [0.25, 0.3) is 22.0 Å². The Labute approximate surface area is 351 Å². The van der Waals surface area contributed by atoms with Gasteiger partial charge in [0.15, 0.2) is 0 Å². The lowest BCUT2D eigenvalue weighted by Gasteiger charge is -2.31. The van der Waals surface area contributed by atoms with Crippen molar-refractivity contribution in [1.29, 1.82) is 0 Å². The molecule has 5 aromatic rings. The van der Waals surface area contributed by atoms with E-state index in [4.69, 9.17) is 4.74 Å². The number of carbonyl (C=O) groups excluding carboxylic acids is 3. The van der Waals surface area contributed by atoms with E-state index in [-0.39, 0.29) is 36.7 Å². The molecule has 0 unspecified atom stereocenters. The van der Waals surface area contributed by atoms with Gasteiger partial charge >= 0.3 is 6.09 Å². The predicted octanol–water partition coefficient (Wildman–Crippen LogP) is 7.07. The lowest BCUT2D eigenvalue weighted by Crippen LogP contribution is -2.40. The number of rotatable bonds is 18. The van der Waals surface area contributed by atoms with Crippen LogP contribution in [-0.4, -0.2) is 95.3 Å². The first-order valence-corrected chi connectivity index (χ1v) is 20.3. The third-order valence-corrected chi connectivity index (χ3v) is 10.7. The maximum atomic E-state index is 12.8. The Bertz CT molecular complexity index is 2220. The van der Waals surface area contributed by atoms with Crippen molar-refractivity contribution in [1.82, 2.24) is 20.1 Å². The van der Waals surface area contributed by atoms with E-state index in [0.29, 0.717) is 80.4 Å². The summed E-state index contributed by atoms with van der Waals surface area (Å²) in [7, 11) is 1.80. The summed E-state index contributed by atoms with van der Waals surface area (Å²) in [6.07, 6.45) is 2.82. The number of aromatic amines is 1. The molecule has 3 amide bonds. The van der Waals surface area contributed by atoms with Gasteiger partial charge in [0.1, 0.15) is 11.9 Å². The van der Waals surface area contributed by atoms with Crippen molar-refractivity contribution in [2.24, 2.45) is 0 Å². The first-order valence-electron chi connectivity index (χ1n) is 20.3. The highest BCUT2D eigenvalue weighted by Gasteiger charge is 2.24. The van der Waals surface area contributed by atoms with Crippen LogP contribution in [0.5, 0.6) is 5.75 Å². The highest BCUT2D eigenvalue weighted by molar-refractivity contribution is 5.92. The van der Waals surface area contributed by atoms with E-state index in [2.05, 4.69) is 25.8 Å². The van der Waals surface area contributed by atoms with Crippen molar-refractivity contribution < 1.29 is 29.3 Å². The van der Waals surface area contributed by atoms with Crippen LogP contribution < -0.4 is 21.5 Å². The number of piperidine rings is 1. The van der Waals surface area contributed by atoms with E-state index in [1.165, 1.54) is 12.1 Å². The van der Waals surface area contributed by atoms with Crippen LogP contribution in [0.2, 0.25) is 0 Å². The highest BCUT2D eigenvalue weighted by atomic mass is 16.6. The van der Waals surface area contributed by atoms with Crippen LogP contribution in [0.4, 0.5) is 16.2 Å². The number of anilines is 2. The molecule has 6 rings (SSSR count). The van der Waals surface area contributed by atoms with Crippen molar-refractivity contribution in [3.8, 4) is 16.9 Å². The molecule has 1 atom stereocenters. The Kier molecular flexibility index (Phi) is 16.8. The Balaban J connectivity index is 0.00000683. The molecule has 6 N–H and O–H groups in total. The summed E-state index contributed by atoms with van der Waals surface area (Å²) in [6, 6.07) is 31.3. The topological polar surface area (TPSA) is 176 Å². The SMILES string of the molecule is C.CN(CCCCC(=O)Nc1ccc(CCNC[C@H](O)c2ccc(O)c3[nH]c(=O)ccc23)cc1)C(=O)CCN1CCC(OC(=O)Nc2ccccc2-c2ccccc2)CC1. The number of nitrogens with zero attached hydrogens (tertiary/aromatic N) is 2. The molecule has 1 saturated heterocycles. The van der Waals surface area contributed by atoms with Gasteiger partial charge in [-0.25, -0.2) is 4.79 Å². The number of hydrogen-bond acceptors (Lipinski definition) is 9. The number of benzene rings is 4. The van der Waals surface area contributed by atoms with Crippen LogP contribution >= 0.6 is 0 Å². The molecule has 1 aliphatic heterocycles. The average Bonchev–Trinajstić information content (AvgIpc) is 3.24. The fraction of sp³-hybridized carbons (Fsp3) is 0.362. The second-order valence-corrected chi connectivity index (χ2v) is 15.0. The van der Waals surface area contributed by atoms with Crippen LogP contribution in [0, 0.1) is 0 Å². The molecule has 0 bridgehead atoms. The number of aromatic nitrogens is 1. The molecule has 4 aromatic carbocycles. The van der Waals surface area contributed by atoms with Gasteiger partial charge in [-0.15, -0.1) is 0 Å². The maximum Gasteiger partial charge on any atom is 0.411 e. The number of phenols is 1. The predicted molar refractivity (Wildman–Crippen MR) is 237 cm³/mol. The molecule has 318 valence electrons. The Morgan fingerprint density at radius 2 is 1.62 bits per heavy atom. The number of amides is 3. The molecule has 13 heteroatoms. The summed E-state index contributed by atoms with van der Waals surface area (Å²) < 4.78 is 5.75. The van der Waals surface area contributed by atoms with Gasteiger partial charge in [-0.1, -0.05) is 74.2 Å². The number of hydrogen-bond donors (Lipinski definition) is 6. The average molecular weight is 819 g/mol. The number of unbranched alkanes of at least 4 members (excludes halogenated alkanes) is 1. The van der Waals surface area contributed by atoms with Crippen LogP contribution in [0.15, 0.2) is 108 Å². The third-order valence-electron chi connectivity index (χ3n) is 10.7. The number of H-pyrrole nitrogens is 1. The van der Waals surface area contributed by atoms with Crippen molar-refractivity contribution >= 4 is 40.2 Å². The van der Waals surface area contributed by atoms with E-state index in [9.17, 15) is 29.4 Å². The van der Waals surface area contributed by atoms with Crippen LogP contribution in [-0.2, 0) is 20.7 Å². The molecule has 13 nitrogen and oxygen atoms in total. The first kappa shape index (κ1) is 45.1. The van der Waals surface area contributed by atoms with E-state index >= 15 is 0 Å². The highest BCUT2D eigenvalue weighted by Crippen LogP contribution is 2.29. The number of ether oxygens (including phenoxy) is 1. The van der Waals surface area contributed by atoms with Crippen molar-refractivity contribution in [2.45, 2.75) is 64.6 Å². The molecular formula is C47H58N6O7.